The lowest BCUT2D eigenvalue weighted by atomic mass is 10.0. The highest BCUT2D eigenvalue weighted by atomic mass is 16.3. The van der Waals surface area contributed by atoms with E-state index in [-0.39, 0.29) is 12.5 Å². The number of carbonyl (C=O) groups is 1. The van der Waals surface area contributed by atoms with E-state index >= 15 is 0 Å². The van der Waals surface area contributed by atoms with Gasteiger partial charge in [0.1, 0.15) is 5.69 Å². The van der Waals surface area contributed by atoms with Crippen molar-refractivity contribution in [2.45, 2.75) is 33.3 Å². The second-order valence-electron chi connectivity index (χ2n) is 5.05. The molecule has 0 atom stereocenters. The number of hydrogen-bond acceptors (Lipinski definition) is 4. The standard InChI is InChI=1S/C13H18N2O3/c1-8-5-10(6-9(2)11(8)15-18)12(16)14-7-13(3,4)17/h5-6,17H,7H2,1-4H3,(H,14,16). The summed E-state index contributed by atoms with van der Waals surface area (Å²) in [6.45, 7) is 6.86. The van der Waals surface area contributed by atoms with Gasteiger partial charge in [-0.3, -0.25) is 4.79 Å². The molecule has 5 nitrogen and oxygen atoms in total. The fourth-order valence-corrected chi connectivity index (χ4v) is 1.63. The van der Waals surface area contributed by atoms with Crippen LogP contribution in [0.5, 0.6) is 0 Å². The molecule has 1 aromatic rings. The van der Waals surface area contributed by atoms with Crippen LogP contribution in [0.1, 0.15) is 35.3 Å². The molecule has 0 heterocycles. The lowest BCUT2D eigenvalue weighted by molar-refractivity contribution is 0.0694. The van der Waals surface area contributed by atoms with E-state index in [0.717, 1.165) is 0 Å². The molecule has 5 heteroatoms. The third kappa shape index (κ3) is 3.63. The molecule has 0 saturated heterocycles. The second kappa shape index (κ2) is 5.27. The molecule has 0 aromatic heterocycles. The molecular weight excluding hydrogens is 232 g/mol. The molecule has 0 saturated carbocycles. The molecule has 0 unspecified atom stereocenters. The highest BCUT2D eigenvalue weighted by Crippen LogP contribution is 2.24. The van der Waals surface area contributed by atoms with Crippen molar-refractivity contribution in [2.24, 2.45) is 5.18 Å². The molecule has 1 aromatic carbocycles. The van der Waals surface area contributed by atoms with Gasteiger partial charge in [-0.25, -0.2) is 0 Å². The Morgan fingerprint density at radius 3 is 2.22 bits per heavy atom. The SMILES string of the molecule is Cc1cc(C(=O)NCC(C)(C)O)cc(C)c1N=O. The third-order valence-corrected chi connectivity index (χ3v) is 2.53. The fraction of sp³-hybridized carbons (Fsp3) is 0.462. The predicted octanol–water partition coefficient (Wildman–Crippen LogP) is 2.20. The first-order valence-corrected chi connectivity index (χ1v) is 5.70. The molecule has 1 rings (SSSR count). The second-order valence-corrected chi connectivity index (χ2v) is 5.05. The van der Waals surface area contributed by atoms with E-state index in [9.17, 15) is 14.8 Å². The number of benzene rings is 1. The van der Waals surface area contributed by atoms with E-state index in [2.05, 4.69) is 10.5 Å². The van der Waals surface area contributed by atoms with E-state index in [0.29, 0.717) is 22.4 Å². The van der Waals surface area contributed by atoms with Gasteiger partial charge in [-0.05, 0) is 56.1 Å². The minimum Gasteiger partial charge on any atom is -0.389 e. The van der Waals surface area contributed by atoms with Crippen molar-refractivity contribution in [3.05, 3.63) is 33.7 Å². The van der Waals surface area contributed by atoms with Gasteiger partial charge in [0.05, 0.1) is 5.60 Å². The first-order chi connectivity index (χ1) is 8.24. The Bertz CT molecular complexity index is 453. The number of carbonyl (C=O) groups excluding carboxylic acids is 1. The Morgan fingerprint density at radius 2 is 1.83 bits per heavy atom. The number of hydrogen-bond donors (Lipinski definition) is 2. The van der Waals surface area contributed by atoms with Gasteiger partial charge in [0, 0.05) is 12.1 Å². The van der Waals surface area contributed by atoms with E-state index in [4.69, 9.17) is 0 Å². The first kappa shape index (κ1) is 14.3. The van der Waals surface area contributed by atoms with Crippen LogP contribution in [0.3, 0.4) is 0 Å². The van der Waals surface area contributed by atoms with Gasteiger partial charge < -0.3 is 10.4 Å². The minimum absolute atomic E-state index is 0.164. The van der Waals surface area contributed by atoms with Crippen molar-refractivity contribution in [2.75, 3.05) is 6.54 Å². The summed E-state index contributed by atoms with van der Waals surface area (Å²) >= 11 is 0. The van der Waals surface area contributed by atoms with Gasteiger partial charge in [0.15, 0.2) is 0 Å². The van der Waals surface area contributed by atoms with Crippen LogP contribution in [-0.4, -0.2) is 23.2 Å². The van der Waals surface area contributed by atoms with E-state index in [1.165, 1.54) is 0 Å². The molecule has 0 aliphatic carbocycles. The summed E-state index contributed by atoms with van der Waals surface area (Å²) in [5, 5.41) is 15.1. The van der Waals surface area contributed by atoms with Gasteiger partial charge in [-0.1, -0.05) is 0 Å². The maximum absolute atomic E-state index is 11.9. The Morgan fingerprint density at radius 1 is 1.33 bits per heavy atom. The number of amides is 1. The van der Waals surface area contributed by atoms with Crippen LogP contribution in [0.4, 0.5) is 5.69 Å². The summed E-state index contributed by atoms with van der Waals surface area (Å²) in [6, 6.07) is 3.23. The van der Waals surface area contributed by atoms with Crippen molar-refractivity contribution < 1.29 is 9.90 Å². The van der Waals surface area contributed by atoms with Crippen LogP contribution in [0.25, 0.3) is 0 Å². The minimum atomic E-state index is -0.954. The van der Waals surface area contributed by atoms with Crippen LogP contribution >= 0.6 is 0 Å². The third-order valence-electron chi connectivity index (χ3n) is 2.53. The summed E-state index contributed by atoms with van der Waals surface area (Å²) in [7, 11) is 0. The molecule has 2 N–H and O–H groups in total. The average molecular weight is 250 g/mol. The van der Waals surface area contributed by atoms with Crippen LogP contribution in [0, 0.1) is 18.8 Å². The maximum atomic E-state index is 11.9. The lowest BCUT2D eigenvalue weighted by Gasteiger charge is -2.18. The van der Waals surface area contributed by atoms with Crippen LogP contribution in [0.2, 0.25) is 0 Å². The molecular formula is C13H18N2O3. The van der Waals surface area contributed by atoms with Crippen molar-refractivity contribution in [3.8, 4) is 0 Å². The number of rotatable bonds is 4. The molecule has 1 amide bonds. The molecule has 18 heavy (non-hydrogen) atoms. The number of nitrogens with zero attached hydrogens (tertiary/aromatic N) is 1. The molecule has 0 aliphatic rings. The topological polar surface area (TPSA) is 78.8 Å². The number of nitrogens with one attached hydrogen (secondary N) is 1. The Hall–Kier alpha value is -1.75. The van der Waals surface area contributed by atoms with E-state index in [1.54, 1.807) is 39.8 Å². The highest BCUT2D eigenvalue weighted by Gasteiger charge is 2.16. The maximum Gasteiger partial charge on any atom is 0.251 e. The van der Waals surface area contributed by atoms with Crippen molar-refractivity contribution >= 4 is 11.6 Å². The normalized spacial score (nSPS) is 11.2. The zero-order chi connectivity index (χ0) is 13.9. The zero-order valence-electron chi connectivity index (χ0n) is 11.1. The van der Waals surface area contributed by atoms with Gasteiger partial charge in [-0.15, -0.1) is 4.91 Å². The molecule has 0 fully saturated rings. The summed E-state index contributed by atoms with van der Waals surface area (Å²) in [5.74, 6) is -0.277. The van der Waals surface area contributed by atoms with Gasteiger partial charge in [0.25, 0.3) is 5.91 Å². The lowest BCUT2D eigenvalue weighted by Crippen LogP contribution is -2.38. The molecule has 98 valence electrons. The fourth-order valence-electron chi connectivity index (χ4n) is 1.63. The van der Waals surface area contributed by atoms with Crippen molar-refractivity contribution in [1.29, 1.82) is 0 Å². The largest absolute Gasteiger partial charge is 0.389 e. The molecule has 0 bridgehead atoms. The Kier molecular flexibility index (Phi) is 4.19. The first-order valence-electron chi connectivity index (χ1n) is 5.70. The van der Waals surface area contributed by atoms with Crippen LogP contribution < -0.4 is 5.32 Å². The van der Waals surface area contributed by atoms with E-state index in [1.807, 2.05) is 0 Å². The number of nitroso groups, excluding NO2 is 1. The van der Waals surface area contributed by atoms with E-state index < -0.39 is 5.60 Å². The summed E-state index contributed by atoms with van der Waals surface area (Å²) < 4.78 is 0. The summed E-state index contributed by atoms with van der Waals surface area (Å²) in [4.78, 5) is 22.5. The zero-order valence-corrected chi connectivity index (χ0v) is 11.1. The van der Waals surface area contributed by atoms with Crippen molar-refractivity contribution in [1.82, 2.24) is 5.32 Å². The molecule has 0 aliphatic heterocycles. The van der Waals surface area contributed by atoms with Crippen LogP contribution in [-0.2, 0) is 0 Å². The predicted molar refractivity (Wildman–Crippen MR) is 70.0 cm³/mol. The monoisotopic (exact) mass is 250 g/mol. The van der Waals surface area contributed by atoms with Gasteiger partial charge in [0.2, 0.25) is 0 Å². The highest BCUT2D eigenvalue weighted by molar-refractivity contribution is 5.95. The van der Waals surface area contributed by atoms with Gasteiger partial charge in [-0.2, -0.15) is 0 Å². The van der Waals surface area contributed by atoms with Gasteiger partial charge >= 0.3 is 0 Å². The van der Waals surface area contributed by atoms with Crippen molar-refractivity contribution in [3.63, 3.8) is 0 Å². The number of aliphatic hydroxyl groups is 1. The Labute approximate surface area is 106 Å². The molecule has 0 radical (unpaired) electrons. The van der Waals surface area contributed by atoms with Crippen LogP contribution in [0.15, 0.2) is 17.3 Å². The molecule has 0 spiro atoms. The summed E-state index contributed by atoms with van der Waals surface area (Å²) in [6.07, 6.45) is 0. The number of aryl methyl sites for hydroxylation is 2. The summed E-state index contributed by atoms with van der Waals surface area (Å²) in [5.41, 5.74) is 1.21. The quantitative estimate of drug-likeness (QED) is 0.804. The Balaban J connectivity index is 2.91. The smallest absolute Gasteiger partial charge is 0.251 e. The average Bonchev–Trinajstić information content (AvgIpc) is 2.24.